The van der Waals surface area contributed by atoms with Crippen LogP contribution < -0.4 is 4.74 Å². The van der Waals surface area contributed by atoms with E-state index in [4.69, 9.17) is 47.7 Å². The van der Waals surface area contributed by atoms with Gasteiger partial charge in [0.1, 0.15) is 12.4 Å². The summed E-state index contributed by atoms with van der Waals surface area (Å²) in [7, 11) is 2.07. The first-order valence-electron chi connectivity index (χ1n) is 7.56. The monoisotopic (exact) mass is 399 g/mol. The smallest absolute Gasteiger partial charge is 0.414 e. The summed E-state index contributed by atoms with van der Waals surface area (Å²) in [5.41, 5.74) is 1.30. The topological polar surface area (TPSA) is 87.1 Å². The predicted octanol–water partition coefficient (Wildman–Crippen LogP) is 3.66. The van der Waals surface area contributed by atoms with Crippen molar-refractivity contribution in [3.8, 4) is 5.75 Å². The molecule has 0 aliphatic rings. The third-order valence-electron chi connectivity index (χ3n) is 3.11. The van der Waals surface area contributed by atoms with Crippen LogP contribution in [-0.4, -0.2) is 47.3 Å². The van der Waals surface area contributed by atoms with Gasteiger partial charge in [0.05, 0.1) is 10.0 Å². The molecule has 0 fully saturated rings. The highest BCUT2D eigenvalue weighted by atomic mass is 35.5. The fourth-order valence-electron chi connectivity index (χ4n) is 1.86. The number of halogens is 2. The molecule has 0 saturated heterocycles. The molecule has 8 heteroatoms. The Kier molecular flexibility index (Phi) is 9.51. The molecule has 0 atom stereocenters. The minimum Gasteiger partial charge on any atom is -0.492 e. The van der Waals surface area contributed by atoms with E-state index in [0.29, 0.717) is 16.7 Å². The van der Waals surface area contributed by atoms with E-state index in [1.165, 1.54) is 5.56 Å². The SMILES string of the molecule is CN(CCOc1ccc(Cl)c(Cl)c1)Cc1ccccc1.O=C(O)C(=O)O. The number of carboxylic acids is 2. The summed E-state index contributed by atoms with van der Waals surface area (Å²) in [6.07, 6.45) is 0. The number of ether oxygens (including phenoxy) is 1. The molecule has 0 aliphatic heterocycles. The van der Waals surface area contributed by atoms with Crippen LogP contribution in [0.1, 0.15) is 5.56 Å². The number of carboxylic acid groups (broad SMARTS) is 2. The van der Waals surface area contributed by atoms with Crippen LogP contribution in [0.15, 0.2) is 48.5 Å². The van der Waals surface area contributed by atoms with Crippen LogP contribution in [0.3, 0.4) is 0 Å². The van der Waals surface area contributed by atoms with Crippen LogP contribution in [0.2, 0.25) is 10.0 Å². The van der Waals surface area contributed by atoms with Gasteiger partial charge in [-0.05, 0) is 24.7 Å². The standard InChI is InChI=1S/C16H17Cl2NO.C2H2O4/c1-19(12-13-5-3-2-4-6-13)9-10-20-14-7-8-15(17)16(18)11-14;3-1(4)2(5)6/h2-8,11H,9-10,12H2,1H3;(H,3,4)(H,5,6). The van der Waals surface area contributed by atoms with Gasteiger partial charge in [-0.3, -0.25) is 4.90 Å². The summed E-state index contributed by atoms with van der Waals surface area (Å²) in [6.45, 7) is 2.36. The molecule has 0 amide bonds. The second-order valence-corrected chi connectivity index (χ2v) is 6.07. The molecular formula is C18H19Cl2NO5. The number of aliphatic carboxylic acids is 2. The third-order valence-corrected chi connectivity index (χ3v) is 3.85. The van der Waals surface area contributed by atoms with Gasteiger partial charge in [0.25, 0.3) is 0 Å². The van der Waals surface area contributed by atoms with Gasteiger partial charge in [-0.2, -0.15) is 0 Å². The molecule has 2 rings (SSSR count). The number of hydrogen-bond donors (Lipinski definition) is 2. The Morgan fingerprint density at radius 3 is 2.15 bits per heavy atom. The molecule has 2 N–H and O–H groups in total. The first-order chi connectivity index (χ1) is 12.3. The molecule has 0 unspecified atom stereocenters. The number of carbonyl (C=O) groups is 2. The van der Waals surface area contributed by atoms with Crippen LogP contribution >= 0.6 is 23.2 Å². The summed E-state index contributed by atoms with van der Waals surface area (Å²) < 4.78 is 5.67. The van der Waals surface area contributed by atoms with E-state index in [1.54, 1.807) is 12.1 Å². The van der Waals surface area contributed by atoms with Crippen LogP contribution in [0.5, 0.6) is 5.75 Å². The number of likely N-dealkylation sites (N-methyl/N-ethyl adjacent to an activating group) is 1. The third kappa shape index (κ3) is 8.71. The number of rotatable bonds is 6. The van der Waals surface area contributed by atoms with Crippen molar-refractivity contribution in [3.63, 3.8) is 0 Å². The molecule has 0 aromatic heterocycles. The van der Waals surface area contributed by atoms with Crippen molar-refractivity contribution in [1.29, 1.82) is 0 Å². The molecule has 0 saturated carbocycles. The largest absolute Gasteiger partial charge is 0.492 e. The Balaban J connectivity index is 0.000000487. The highest BCUT2D eigenvalue weighted by Gasteiger charge is 2.04. The van der Waals surface area contributed by atoms with Crippen molar-refractivity contribution in [1.82, 2.24) is 4.90 Å². The van der Waals surface area contributed by atoms with Gasteiger partial charge in [-0.25, -0.2) is 9.59 Å². The summed E-state index contributed by atoms with van der Waals surface area (Å²) in [4.78, 5) is 20.4. The Bertz CT molecular complexity index is 713. The summed E-state index contributed by atoms with van der Waals surface area (Å²) in [5.74, 6) is -2.91. The molecule has 2 aromatic carbocycles. The quantitative estimate of drug-likeness (QED) is 0.720. The van der Waals surface area contributed by atoms with E-state index < -0.39 is 11.9 Å². The van der Waals surface area contributed by atoms with Crippen LogP contribution in [0.4, 0.5) is 0 Å². The first kappa shape index (κ1) is 21.8. The second kappa shape index (κ2) is 11.4. The molecule has 0 bridgehead atoms. The molecule has 2 aromatic rings. The maximum atomic E-state index is 9.10. The van der Waals surface area contributed by atoms with Crippen molar-refractivity contribution in [2.75, 3.05) is 20.2 Å². The molecule has 0 spiro atoms. The van der Waals surface area contributed by atoms with Gasteiger partial charge >= 0.3 is 11.9 Å². The Morgan fingerprint density at radius 1 is 1.00 bits per heavy atom. The molecule has 0 heterocycles. The zero-order valence-corrected chi connectivity index (χ0v) is 15.6. The Labute approximate surface area is 161 Å². The minimum absolute atomic E-state index is 0.516. The summed E-state index contributed by atoms with van der Waals surface area (Å²) in [5, 5.41) is 15.8. The average Bonchev–Trinajstić information content (AvgIpc) is 2.59. The van der Waals surface area contributed by atoms with Gasteiger partial charge in [0.2, 0.25) is 0 Å². The van der Waals surface area contributed by atoms with E-state index >= 15 is 0 Å². The molecule has 0 aliphatic carbocycles. The van der Waals surface area contributed by atoms with E-state index in [9.17, 15) is 0 Å². The highest BCUT2D eigenvalue weighted by Crippen LogP contribution is 2.26. The van der Waals surface area contributed by atoms with Crippen molar-refractivity contribution in [2.24, 2.45) is 0 Å². The lowest BCUT2D eigenvalue weighted by molar-refractivity contribution is -0.159. The first-order valence-corrected chi connectivity index (χ1v) is 8.31. The maximum Gasteiger partial charge on any atom is 0.414 e. The lowest BCUT2D eigenvalue weighted by Gasteiger charge is -2.17. The lowest BCUT2D eigenvalue weighted by Crippen LogP contribution is -2.23. The fraction of sp³-hybridized carbons (Fsp3) is 0.222. The van der Waals surface area contributed by atoms with Gasteiger partial charge < -0.3 is 14.9 Å². The zero-order chi connectivity index (χ0) is 19.5. The zero-order valence-electron chi connectivity index (χ0n) is 14.1. The molecule has 26 heavy (non-hydrogen) atoms. The Morgan fingerprint density at radius 2 is 1.62 bits per heavy atom. The molecular weight excluding hydrogens is 381 g/mol. The fourth-order valence-corrected chi connectivity index (χ4v) is 2.15. The van der Waals surface area contributed by atoms with Crippen molar-refractivity contribution >= 4 is 35.1 Å². The van der Waals surface area contributed by atoms with Crippen molar-refractivity contribution in [3.05, 3.63) is 64.1 Å². The van der Waals surface area contributed by atoms with Gasteiger partial charge in [-0.1, -0.05) is 53.5 Å². The normalized spacial score (nSPS) is 10.0. The number of hydrogen-bond acceptors (Lipinski definition) is 4. The second-order valence-electron chi connectivity index (χ2n) is 5.26. The van der Waals surface area contributed by atoms with Crippen LogP contribution in [0, 0.1) is 0 Å². The lowest BCUT2D eigenvalue weighted by atomic mass is 10.2. The molecule has 0 radical (unpaired) electrons. The summed E-state index contributed by atoms with van der Waals surface area (Å²) >= 11 is 11.8. The Hall–Kier alpha value is -2.28. The van der Waals surface area contributed by atoms with E-state index in [-0.39, 0.29) is 0 Å². The molecule has 140 valence electrons. The van der Waals surface area contributed by atoms with Gasteiger partial charge in [0.15, 0.2) is 0 Å². The summed E-state index contributed by atoms with van der Waals surface area (Å²) in [6, 6.07) is 15.7. The number of benzene rings is 2. The minimum atomic E-state index is -1.82. The van der Waals surface area contributed by atoms with E-state index in [1.807, 2.05) is 12.1 Å². The van der Waals surface area contributed by atoms with Crippen LogP contribution in [0.25, 0.3) is 0 Å². The number of nitrogens with zero attached hydrogens (tertiary/aromatic N) is 1. The van der Waals surface area contributed by atoms with Gasteiger partial charge in [-0.15, -0.1) is 0 Å². The van der Waals surface area contributed by atoms with Crippen LogP contribution in [-0.2, 0) is 16.1 Å². The average molecular weight is 400 g/mol. The van der Waals surface area contributed by atoms with E-state index in [2.05, 4.69) is 36.2 Å². The van der Waals surface area contributed by atoms with Crippen molar-refractivity contribution < 1.29 is 24.5 Å². The maximum absolute atomic E-state index is 9.10. The van der Waals surface area contributed by atoms with Gasteiger partial charge in [0, 0.05) is 19.2 Å². The predicted molar refractivity (Wildman–Crippen MR) is 100 cm³/mol. The highest BCUT2D eigenvalue weighted by molar-refractivity contribution is 6.42. The van der Waals surface area contributed by atoms with Crippen molar-refractivity contribution in [2.45, 2.75) is 6.54 Å². The molecule has 6 nitrogen and oxygen atoms in total. The van der Waals surface area contributed by atoms with E-state index in [0.717, 1.165) is 18.8 Å².